The maximum absolute atomic E-state index is 9.06. The summed E-state index contributed by atoms with van der Waals surface area (Å²) in [4.78, 5) is 0. The van der Waals surface area contributed by atoms with Gasteiger partial charge in [-0.3, -0.25) is 0 Å². The van der Waals surface area contributed by atoms with Crippen LogP contribution in [-0.2, 0) is 0 Å². The van der Waals surface area contributed by atoms with E-state index in [1.165, 1.54) is 0 Å². The normalized spacial score (nSPS) is 15.8. The zero-order valence-electron chi connectivity index (χ0n) is 6.25. The van der Waals surface area contributed by atoms with E-state index in [0.717, 1.165) is 12.8 Å². The lowest BCUT2D eigenvalue weighted by Gasteiger charge is -2.10. The van der Waals surface area contributed by atoms with E-state index in [2.05, 4.69) is 5.92 Å². The number of hydrogen-bond donors (Lipinski definition) is 2. The van der Waals surface area contributed by atoms with Crippen molar-refractivity contribution in [1.82, 2.24) is 0 Å². The Balaban J connectivity index is 3.43. The first-order chi connectivity index (χ1) is 4.72. The van der Waals surface area contributed by atoms with E-state index in [1.807, 2.05) is 6.92 Å². The van der Waals surface area contributed by atoms with Crippen molar-refractivity contribution in [2.45, 2.75) is 38.4 Å². The molecule has 0 saturated carbocycles. The molecule has 0 bridgehead atoms. The fourth-order valence-corrected chi connectivity index (χ4v) is 0.682. The van der Waals surface area contributed by atoms with Gasteiger partial charge < -0.3 is 10.2 Å². The lowest BCUT2D eigenvalue weighted by atomic mass is 10.1. The molecular formula is C8H14O2. The zero-order chi connectivity index (χ0) is 7.98. The molecule has 2 atom stereocenters. The van der Waals surface area contributed by atoms with Crippen LogP contribution >= 0.6 is 0 Å². The average Bonchev–Trinajstić information content (AvgIpc) is 1.98. The third kappa shape index (κ3) is 3.49. The molecule has 0 fully saturated rings. The molecule has 0 aliphatic carbocycles. The largest absolute Gasteiger partial charge is 0.389 e. The molecule has 0 amide bonds. The molecule has 10 heavy (non-hydrogen) atoms. The van der Waals surface area contributed by atoms with Crippen LogP contribution in [0.1, 0.15) is 26.2 Å². The van der Waals surface area contributed by atoms with Crippen LogP contribution in [0.5, 0.6) is 0 Å². The van der Waals surface area contributed by atoms with Crippen LogP contribution in [0.2, 0.25) is 0 Å². The van der Waals surface area contributed by atoms with Gasteiger partial charge in [0.25, 0.3) is 0 Å². The van der Waals surface area contributed by atoms with Crippen LogP contribution < -0.4 is 0 Å². The highest BCUT2D eigenvalue weighted by atomic mass is 16.3. The molecule has 58 valence electrons. The number of rotatable bonds is 4. The summed E-state index contributed by atoms with van der Waals surface area (Å²) in [5, 5.41) is 17.9. The predicted molar refractivity (Wildman–Crippen MR) is 40.4 cm³/mol. The van der Waals surface area contributed by atoms with Gasteiger partial charge in [-0.2, -0.15) is 0 Å². The van der Waals surface area contributed by atoms with Crippen LogP contribution in [-0.4, -0.2) is 22.4 Å². The maximum Gasteiger partial charge on any atom is 0.140 e. The molecule has 0 aliphatic heterocycles. The van der Waals surface area contributed by atoms with Gasteiger partial charge in [0, 0.05) is 0 Å². The van der Waals surface area contributed by atoms with E-state index in [4.69, 9.17) is 16.6 Å². The molecule has 0 saturated heterocycles. The third-order valence-electron chi connectivity index (χ3n) is 1.39. The summed E-state index contributed by atoms with van der Waals surface area (Å²) in [6.45, 7) is 2.02. The van der Waals surface area contributed by atoms with E-state index < -0.39 is 12.2 Å². The lowest BCUT2D eigenvalue weighted by molar-refractivity contribution is 0.0473. The van der Waals surface area contributed by atoms with Crippen LogP contribution in [0.4, 0.5) is 0 Å². The van der Waals surface area contributed by atoms with Crippen LogP contribution in [0.3, 0.4) is 0 Å². The fraction of sp³-hybridized carbons (Fsp3) is 0.750. The first-order valence-electron chi connectivity index (χ1n) is 3.54. The van der Waals surface area contributed by atoms with Crippen molar-refractivity contribution < 1.29 is 10.2 Å². The Labute approximate surface area is 61.9 Å². The predicted octanol–water partition coefficient (Wildman–Crippen LogP) is 0.532. The molecule has 0 radical (unpaired) electrons. The van der Waals surface area contributed by atoms with Crippen molar-refractivity contribution in [3.63, 3.8) is 0 Å². The second-order valence-electron chi connectivity index (χ2n) is 2.32. The molecule has 2 heteroatoms. The second kappa shape index (κ2) is 5.28. The molecule has 2 nitrogen and oxygen atoms in total. The maximum atomic E-state index is 9.06. The Morgan fingerprint density at radius 1 is 1.50 bits per heavy atom. The zero-order valence-corrected chi connectivity index (χ0v) is 6.25. The van der Waals surface area contributed by atoms with Crippen molar-refractivity contribution in [3.05, 3.63) is 0 Å². The Hall–Kier alpha value is -0.520. The monoisotopic (exact) mass is 142 g/mol. The lowest BCUT2D eigenvalue weighted by Crippen LogP contribution is -2.23. The van der Waals surface area contributed by atoms with E-state index in [0.29, 0.717) is 6.42 Å². The van der Waals surface area contributed by atoms with E-state index in [9.17, 15) is 0 Å². The highest BCUT2D eigenvalue weighted by Gasteiger charge is 2.11. The van der Waals surface area contributed by atoms with Crippen molar-refractivity contribution in [2.24, 2.45) is 0 Å². The van der Waals surface area contributed by atoms with Gasteiger partial charge >= 0.3 is 0 Å². The second-order valence-corrected chi connectivity index (χ2v) is 2.32. The highest BCUT2D eigenvalue weighted by Crippen LogP contribution is 2.03. The molecule has 2 N–H and O–H groups in total. The minimum absolute atomic E-state index is 0.585. The summed E-state index contributed by atoms with van der Waals surface area (Å²) < 4.78 is 0. The molecule has 0 spiro atoms. The Morgan fingerprint density at radius 3 is 2.50 bits per heavy atom. The van der Waals surface area contributed by atoms with Gasteiger partial charge in [-0.05, 0) is 6.42 Å². The molecular weight excluding hydrogens is 128 g/mol. The Morgan fingerprint density at radius 2 is 2.10 bits per heavy atom. The first kappa shape index (κ1) is 9.48. The number of hydrogen-bond acceptors (Lipinski definition) is 2. The van der Waals surface area contributed by atoms with E-state index in [-0.39, 0.29) is 0 Å². The van der Waals surface area contributed by atoms with E-state index >= 15 is 0 Å². The molecule has 0 aromatic heterocycles. The van der Waals surface area contributed by atoms with Crippen LogP contribution in [0.25, 0.3) is 0 Å². The summed E-state index contributed by atoms with van der Waals surface area (Å²) in [5.74, 6) is 2.08. The first-order valence-corrected chi connectivity index (χ1v) is 3.54. The van der Waals surface area contributed by atoms with Crippen LogP contribution in [0.15, 0.2) is 0 Å². The number of aliphatic hydroxyl groups excluding tert-OH is 2. The summed E-state index contributed by atoms with van der Waals surface area (Å²) in [6.07, 6.45) is 5.64. The smallest absolute Gasteiger partial charge is 0.140 e. The van der Waals surface area contributed by atoms with E-state index in [1.54, 1.807) is 0 Å². The fourth-order valence-electron chi connectivity index (χ4n) is 0.682. The third-order valence-corrected chi connectivity index (χ3v) is 1.39. The quantitative estimate of drug-likeness (QED) is 0.562. The van der Waals surface area contributed by atoms with Gasteiger partial charge in [-0.1, -0.05) is 25.7 Å². The van der Waals surface area contributed by atoms with Gasteiger partial charge in [0.05, 0.1) is 6.10 Å². The van der Waals surface area contributed by atoms with Crippen molar-refractivity contribution in [3.8, 4) is 12.3 Å². The summed E-state index contributed by atoms with van der Waals surface area (Å²) in [5.41, 5.74) is 0. The van der Waals surface area contributed by atoms with Gasteiger partial charge in [-0.15, -0.1) is 6.42 Å². The molecule has 0 unspecified atom stereocenters. The number of aliphatic hydroxyl groups is 2. The SMILES string of the molecule is C#C[C@H](O)[C@@H](O)CCCC. The van der Waals surface area contributed by atoms with Gasteiger partial charge in [0.2, 0.25) is 0 Å². The average molecular weight is 142 g/mol. The minimum atomic E-state index is -0.994. The summed E-state index contributed by atoms with van der Waals surface area (Å²) in [7, 11) is 0. The molecule has 0 rings (SSSR count). The van der Waals surface area contributed by atoms with Gasteiger partial charge in [-0.25, -0.2) is 0 Å². The van der Waals surface area contributed by atoms with Gasteiger partial charge in [0.15, 0.2) is 0 Å². The van der Waals surface area contributed by atoms with Crippen LogP contribution in [0, 0.1) is 12.3 Å². The van der Waals surface area contributed by atoms with Crippen molar-refractivity contribution >= 4 is 0 Å². The minimum Gasteiger partial charge on any atom is -0.389 e. The standard InChI is InChI=1S/C8H14O2/c1-3-5-6-8(10)7(9)4-2/h2,7-10H,3,5-6H2,1H3/t7-,8-/m0/s1. The molecule has 0 aromatic rings. The molecule has 0 aliphatic rings. The summed E-state index contributed by atoms with van der Waals surface area (Å²) in [6, 6.07) is 0. The number of terminal acetylenes is 1. The Kier molecular flexibility index (Phi) is 5.00. The van der Waals surface area contributed by atoms with Crippen molar-refractivity contribution in [2.75, 3.05) is 0 Å². The van der Waals surface area contributed by atoms with Crippen molar-refractivity contribution in [1.29, 1.82) is 0 Å². The summed E-state index contributed by atoms with van der Waals surface area (Å²) >= 11 is 0. The highest BCUT2D eigenvalue weighted by molar-refractivity contribution is 4.96. The topological polar surface area (TPSA) is 40.5 Å². The van der Waals surface area contributed by atoms with Gasteiger partial charge in [0.1, 0.15) is 6.10 Å². The molecule has 0 heterocycles. The molecule has 0 aromatic carbocycles. The Bertz CT molecular complexity index is 115. The number of unbranched alkanes of at least 4 members (excludes halogenated alkanes) is 1.